The molecule has 0 atom stereocenters. The highest BCUT2D eigenvalue weighted by Gasteiger charge is 2.20. The topological polar surface area (TPSA) is 100 Å². The van der Waals surface area contributed by atoms with Gasteiger partial charge in [0.1, 0.15) is 11.6 Å². The molecule has 0 saturated carbocycles. The Morgan fingerprint density at radius 1 is 1.03 bits per heavy atom. The summed E-state index contributed by atoms with van der Waals surface area (Å²) in [4.78, 5) is 30.8. The number of pyridine rings is 1. The van der Waals surface area contributed by atoms with E-state index in [9.17, 15) is 9.59 Å². The average molecular weight is 422 g/mol. The van der Waals surface area contributed by atoms with Crippen molar-refractivity contribution in [1.29, 1.82) is 0 Å². The summed E-state index contributed by atoms with van der Waals surface area (Å²) in [5.41, 5.74) is 1.74. The van der Waals surface area contributed by atoms with E-state index in [4.69, 9.17) is 4.52 Å². The molecule has 0 spiro atoms. The highest BCUT2D eigenvalue weighted by Crippen LogP contribution is 2.24. The normalized spacial score (nSPS) is 11.1. The van der Waals surface area contributed by atoms with Crippen LogP contribution in [-0.4, -0.2) is 36.1 Å². The van der Waals surface area contributed by atoms with Gasteiger partial charge in [0.25, 0.3) is 5.91 Å². The number of benzene rings is 1. The van der Waals surface area contributed by atoms with Crippen LogP contribution in [0.3, 0.4) is 0 Å². The standard InChI is InChI=1S/C23H27N5O3/c1-23(2,3)18-13-19(27-31-18)26-21(29)12-15-6-9-17(10-7-15)25-22(30)16-8-11-20(24-14-16)28(4)5/h6-11,13-14H,12H2,1-5H3,(H,25,30)(H,26,27,29). The van der Waals surface area contributed by atoms with Crippen LogP contribution in [-0.2, 0) is 16.6 Å². The van der Waals surface area contributed by atoms with Crippen LogP contribution in [0.15, 0.2) is 53.2 Å². The Morgan fingerprint density at radius 2 is 1.74 bits per heavy atom. The van der Waals surface area contributed by atoms with E-state index in [-0.39, 0.29) is 23.7 Å². The van der Waals surface area contributed by atoms with E-state index in [0.717, 1.165) is 11.4 Å². The molecule has 0 radical (unpaired) electrons. The third-order valence-electron chi connectivity index (χ3n) is 4.56. The molecule has 162 valence electrons. The first-order valence-electron chi connectivity index (χ1n) is 9.92. The van der Waals surface area contributed by atoms with Crippen molar-refractivity contribution in [2.45, 2.75) is 32.6 Å². The van der Waals surface area contributed by atoms with Crippen LogP contribution in [0.1, 0.15) is 42.5 Å². The zero-order valence-electron chi connectivity index (χ0n) is 18.4. The minimum atomic E-state index is -0.246. The van der Waals surface area contributed by atoms with E-state index in [0.29, 0.717) is 22.8 Å². The number of amides is 2. The van der Waals surface area contributed by atoms with Crippen molar-refractivity contribution >= 4 is 29.1 Å². The predicted molar refractivity (Wildman–Crippen MR) is 120 cm³/mol. The summed E-state index contributed by atoms with van der Waals surface area (Å²) in [6.07, 6.45) is 1.72. The fraction of sp³-hybridized carbons (Fsp3) is 0.304. The fourth-order valence-corrected chi connectivity index (χ4v) is 2.75. The molecule has 0 saturated heterocycles. The number of nitrogens with zero attached hydrogens (tertiary/aromatic N) is 3. The van der Waals surface area contributed by atoms with Crippen molar-refractivity contribution < 1.29 is 14.1 Å². The second-order valence-corrected chi connectivity index (χ2v) is 8.50. The fourth-order valence-electron chi connectivity index (χ4n) is 2.75. The monoisotopic (exact) mass is 421 g/mol. The Bertz CT molecular complexity index is 1050. The number of nitrogens with one attached hydrogen (secondary N) is 2. The Kier molecular flexibility index (Phi) is 6.39. The van der Waals surface area contributed by atoms with Crippen LogP contribution < -0.4 is 15.5 Å². The number of carbonyl (C=O) groups is 2. The quantitative estimate of drug-likeness (QED) is 0.627. The first-order chi connectivity index (χ1) is 14.6. The molecule has 31 heavy (non-hydrogen) atoms. The number of carbonyl (C=O) groups excluding carboxylic acids is 2. The molecular weight excluding hydrogens is 394 g/mol. The van der Waals surface area contributed by atoms with E-state index >= 15 is 0 Å². The second-order valence-electron chi connectivity index (χ2n) is 8.50. The molecule has 2 N–H and O–H groups in total. The van der Waals surface area contributed by atoms with Crippen molar-refractivity contribution in [2.24, 2.45) is 0 Å². The van der Waals surface area contributed by atoms with Crippen LogP contribution in [0.4, 0.5) is 17.3 Å². The SMILES string of the molecule is CN(C)c1ccc(C(=O)Nc2ccc(CC(=O)Nc3cc(C(C)(C)C)on3)cc2)cn1. The van der Waals surface area contributed by atoms with E-state index in [1.54, 1.807) is 48.7 Å². The third kappa shape index (κ3) is 5.91. The van der Waals surface area contributed by atoms with Crippen LogP contribution in [0.2, 0.25) is 0 Å². The second kappa shape index (κ2) is 8.99. The number of aromatic nitrogens is 2. The number of rotatable bonds is 6. The molecule has 0 aliphatic carbocycles. The summed E-state index contributed by atoms with van der Waals surface area (Å²) in [7, 11) is 3.78. The lowest BCUT2D eigenvalue weighted by atomic mass is 9.93. The van der Waals surface area contributed by atoms with E-state index < -0.39 is 0 Å². The van der Waals surface area contributed by atoms with Crippen LogP contribution in [0.5, 0.6) is 0 Å². The summed E-state index contributed by atoms with van der Waals surface area (Å²) in [6, 6.07) is 12.4. The van der Waals surface area contributed by atoms with Gasteiger partial charge < -0.3 is 20.1 Å². The lowest BCUT2D eigenvalue weighted by molar-refractivity contribution is -0.115. The summed E-state index contributed by atoms with van der Waals surface area (Å²) in [6.45, 7) is 6.03. The molecule has 3 rings (SSSR count). The molecule has 2 amide bonds. The maximum Gasteiger partial charge on any atom is 0.257 e. The lowest BCUT2D eigenvalue weighted by Crippen LogP contribution is -2.15. The molecule has 0 aliphatic heterocycles. The molecule has 0 aliphatic rings. The van der Waals surface area contributed by atoms with Gasteiger partial charge in [-0.05, 0) is 29.8 Å². The van der Waals surface area contributed by atoms with Crippen LogP contribution in [0, 0.1) is 0 Å². The summed E-state index contributed by atoms with van der Waals surface area (Å²) in [5, 5.41) is 9.46. The van der Waals surface area contributed by atoms with Gasteiger partial charge in [-0.2, -0.15) is 0 Å². The zero-order valence-corrected chi connectivity index (χ0v) is 18.4. The molecule has 0 bridgehead atoms. The maximum absolute atomic E-state index is 12.4. The molecular formula is C23H27N5O3. The van der Waals surface area contributed by atoms with Gasteiger partial charge in [0.15, 0.2) is 5.82 Å². The lowest BCUT2D eigenvalue weighted by Gasteiger charge is -2.12. The van der Waals surface area contributed by atoms with Crippen molar-refractivity contribution in [3.05, 3.63) is 65.5 Å². The van der Waals surface area contributed by atoms with Gasteiger partial charge in [0, 0.05) is 37.5 Å². The zero-order chi connectivity index (χ0) is 22.6. The molecule has 8 heteroatoms. The van der Waals surface area contributed by atoms with E-state index in [1.165, 1.54) is 0 Å². The summed E-state index contributed by atoms with van der Waals surface area (Å²) >= 11 is 0. The molecule has 0 unspecified atom stereocenters. The Balaban J connectivity index is 1.55. The molecule has 8 nitrogen and oxygen atoms in total. The van der Waals surface area contributed by atoms with Gasteiger partial charge in [-0.25, -0.2) is 4.98 Å². The van der Waals surface area contributed by atoms with Gasteiger partial charge in [-0.15, -0.1) is 0 Å². The molecule has 0 fully saturated rings. The van der Waals surface area contributed by atoms with Gasteiger partial charge >= 0.3 is 0 Å². The van der Waals surface area contributed by atoms with Crippen LogP contribution in [0.25, 0.3) is 0 Å². The summed E-state index contributed by atoms with van der Waals surface area (Å²) in [5.74, 6) is 1.43. The van der Waals surface area contributed by atoms with Gasteiger partial charge in [0.2, 0.25) is 5.91 Å². The van der Waals surface area contributed by atoms with Gasteiger partial charge in [-0.1, -0.05) is 38.1 Å². The maximum atomic E-state index is 12.4. The molecule has 3 aromatic rings. The average Bonchev–Trinajstić information content (AvgIpc) is 3.18. The van der Waals surface area contributed by atoms with Crippen molar-refractivity contribution in [1.82, 2.24) is 10.1 Å². The third-order valence-corrected chi connectivity index (χ3v) is 4.56. The van der Waals surface area contributed by atoms with E-state index in [2.05, 4.69) is 20.8 Å². The van der Waals surface area contributed by atoms with Gasteiger partial charge in [-0.3, -0.25) is 9.59 Å². The Labute approximate surface area is 181 Å². The highest BCUT2D eigenvalue weighted by atomic mass is 16.5. The molecule has 2 heterocycles. The molecule has 2 aromatic heterocycles. The Hall–Kier alpha value is -3.68. The number of hydrogen-bond donors (Lipinski definition) is 2. The Morgan fingerprint density at radius 3 is 2.29 bits per heavy atom. The highest BCUT2D eigenvalue weighted by molar-refractivity contribution is 6.04. The van der Waals surface area contributed by atoms with Crippen molar-refractivity contribution in [3.63, 3.8) is 0 Å². The first kappa shape index (κ1) is 22.0. The minimum Gasteiger partial charge on any atom is -0.363 e. The van der Waals surface area contributed by atoms with Crippen molar-refractivity contribution in [2.75, 3.05) is 29.6 Å². The summed E-state index contributed by atoms with van der Waals surface area (Å²) < 4.78 is 5.28. The minimum absolute atomic E-state index is 0.180. The predicted octanol–water partition coefficient (Wildman–Crippen LogP) is 3.87. The first-order valence-corrected chi connectivity index (χ1v) is 9.92. The van der Waals surface area contributed by atoms with E-state index in [1.807, 2.05) is 39.8 Å². The molecule has 1 aromatic carbocycles. The largest absolute Gasteiger partial charge is 0.363 e. The smallest absolute Gasteiger partial charge is 0.257 e. The van der Waals surface area contributed by atoms with Gasteiger partial charge in [0.05, 0.1) is 12.0 Å². The van der Waals surface area contributed by atoms with Crippen molar-refractivity contribution in [3.8, 4) is 0 Å². The van der Waals surface area contributed by atoms with Crippen LogP contribution >= 0.6 is 0 Å². The number of anilines is 3. The number of hydrogen-bond acceptors (Lipinski definition) is 6.